The Balaban J connectivity index is 4.05. The molecule has 0 aromatic heterocycles. The van der Waals surface area contributed by atoms with E-state index in [2.05, 4.69) is 19.6 Å². The van der Waals surface area contributed by atoms with Gasteiger partial charge in [0.2, 0.25) is 0 Å². The molecule has 0 rings (SSSR count). The van der Waals surface area contributed by atoms with E-state index >= 15 is 0 Å². The number of hydrogen-bond acceptors (Lipinski definition) is 2. The molecule has 0 spiro atoms. The number of aliphatic hydroxyl groups is 1. The maximum atomic E-state index is 9.33. The summed E-state index contributed by atoms with van der Waals surface area (Å²) in [5.74, 6) is 0. The average Bonchev–Trinajstić information content (AvgIpc) is 1.60. The quantitative estimate of drug-likeness (QED) is 0.489. The first-order chi connectivity index (χ1) is 4.27. The van der Waals surface area contributed by atoms with E-state index in [-0.39, 0.29) is 0 Å². The van der Waals surface area contributed by atoms with Crippen LogP contribution in [0.3, 0.4) is 0 Å². The minimum absolute atomic E-state index is 0.649. The van der Waals surface area contributed by atoms with Gasteiger partial charge in [0.15, 0.2) is 0 Å². The van der Waals surface area contributed by atoms with Crippen molar-refractivity contribution in [3.63, 3.8) is 0 Å². The SMILES string of the molecule is CC(O)(C#N)C[Si](C)(C)C. The Bertz CT molecular complexity index is 152. The zero-order valence-electron chi connectivity index (χ0n) is 7.10. The summed E-state index contributed by atoms with van der Waals surface area (Å²) in [6, 6.07) is 2.54. The number of nitriles is 1. The minimum Gasteiger partial charge on any atom is -0.376 e. The summed E-state index contributed by atoms with van der Waals surface area (Å²) in [6.45, 7) is 7.99. The van der Waals surface area contributed by atoms with Gasteiger partial charge < -0.3 is 5.11 Å². The van der Waals surface area contributed by atoms with Crippen LogP contribution in [-0.2, 0) is 0 Å². The lowest BCUT2D eigenvalue weighted by atomic mass is 10.2. The summed E-state index contributed by atoms with van der Waals surface area (Å²) in [6.07, 6.45) is 0. The summed E-state index contributed by atoms with van der Waals surface area (Å²) in [4.78, 5) is 0. The summed E-state index contributed by atoms with van der Waals surface area (Å²) >= 11 is 0. The lowest BCUT2D eigenvalue weighted by Gasteiger charge is -2.23. The molecule has 0 saturated carbocycles. The van der Waals surface area contributed by atoms with Gasteiger partial charge in [0, 0.05) is 8.07 Å². The molecular weight excluding hydrogens is 142 g/mol. The maximum absolute atomic E-state index is 9.33. The van der Waals surface area contributed by atoms with Gasteiger partial charge in [-0.15, -0.1) is 0 Å². The van der Waals surface area contributed by atoms with Crippen molar-refractivity contribution < 1.29 is 5.11 Å². The second kappa shape index (κ2) is 2.73. The van der Waals surface area contributed by atoms with Crippen LogP contribution in [0.2, 0.25) is 25.7 Å². The normalized spacial score (nSPS) is 17.6. The van der Waals surface area contributed by atoms with Gasteiger partial charge >= 0.3 is 0 Å². The first-order valence-electron chi connectivity index (χ1n) is 3.40. The molecule has 2 nitrogen and oxygen atoms in total. The standard InChI is InChI=1S/C7H15NOSi/c1-7(9,5-8)6-10(2,3)4/h9H,6H2,1-4H3. The van der Waals surface area contributed by atoms with E-state index < -0.39 is 13.7 Å². The molecule has 0 aliphatic carbocycles. The third kappa shape index (κ3) is 4.54. The fraction of sp³-hybridized carbons (Fsp3) is 0.857. The van der Waals surface area contributed by atoms with E-state index in [0.29, 0.717) is 6.04 Å². The van der Waals surface area contributed by atoms with E-state index in [4.69, 9.17) is 5.26 Å². The second-order valence-electron chi connectivity index (χ2n) is 4.12. The molecule has 58 valence electrons. The van der Waals surface area contributed by atoms with E-state index in [1.165, 1.54) is 0 Å². The molecule has 0 amide bonds. The van der Waals surface area contributed by atoms with Crippen molar-refractivity contribution in [1.82, 2.24) is 0 Å². The predicted octanol–water partition coefficient (Wildman–Crippen LogP) is 1.60. The Kier molecular flexibility index (Phi) is 2.64. The van der Waals surface area contributed by atoms with Crippen molar-refractivity contribution in [2.75, 3.05) is 0 Å². The molecule has 0 fully saturated rings. The molecule has 0 heterocycles. The highest BCUT2D eigenvalue weighted by molar-refractivity contribution is 6.76. The molecule has 0 saturated heterocycles. The highest BCUT2D eigenvalue weighted by Crippen LogP contribution is 2.19. The van der Waals surface area contributed by atoms with Gasteiger partial charge in [-0.2, -0.15) is 5.26 Å². The van der Waals surface area contributed by atoms with Gasteiger partial charge in [-0.3, -0.25) is 0 Å². The van der Waals surface area contributed by atoms with Gasteiger partial charge in [-0.1, -0.05) is 19.6 Å². The first kappa shape index (κ1) is 9.67. The van der Waals surface area contributed by atoms with Crippen LogP contribution in [0.5, 0.6) is 0 Å². The third-order valence-electron chi connectivity index (χ3n) is 1.12. The Morgan fingerprint density at radius 3 is 2.00 bits per heavy atom. The fourth-order valence-corrected chi connectivity index (χ4v) is 3.22. The number of rotatable bonds is 2. The van der Waals surface area contributed by atoms with Crippen LogP contribution in [0.15, 0.2) is 0 Å². The minimum atomic E-state index is -1.29. The molecule has 1 unspecified atom stereocenters. The Morgan fingerprint density at radius 1 is 1.50 bits per heavy atom. The molecular formula is C7H15NOSi. The van der Waals surface area contributed by atoms with Crippen molar-refractivity contribution in [2.45, 2.75) is 38.2 Å². The third-order valence-corrected chi connectivity index (χ3v) is 2.86. The highest BCUT2D eigenvalue weighted by Gasteiger charge is 2.27. The lowest BCUT2D eigenvalue weighted by Crippen LogP contribution is -2.34. The maximum Gasteiger partial charge on any atom is 0.146 e. The van der Waals surface area contributed by atoms with E-state index in [0.717, 1.165) is 0 Å². The zero-order chi connectivity index (χ0) is 8.41. The Hall–Kier alpha value is -0.333. The van der Waals surface area contributed by atoms with Crippen LogP contribution >= 0.6 is 0 Å². The molecule has 1 atom stereocenters. The predicted molar refractivity (Wildman–Crippen MR) is 44.4 cm³/mol. The van der Waals surface area contributed by atoms with Gasteiger partial charge in [0.05, 0.1) is 6.07 Å². The highest BCUT2D eigenvalue weighted by atomic mass is 28.3. The molecule has 0 aliphatic heterocycles. The van der Waals surface area contributed by atoms with Crippen LogP contribution < -0.4 is 0 Å². The molecule has 0 bridgehead atoms. The summed E-state index contributed by atoms with van der Waals surface area (Å²) in [5.41, 5.74) is -1.11. The van der Waals surface area contributed by atoms with Gasteiger partial charge in [-0.05, 0) is 13.0 Å². The van der Waals surface area contributed by atoms with E-state index in [1.54, 1.807) is 6.92 Å². The molecule has 3 heteroatoms. The molecule has 0 aromatic rings. The van der Waals surface area contributed by atoms with Crippen molar-refractivity contribution in [3.05, 3.63) is 0 Å². The van der Waals surface area contributed by atoms with Crippen molar-refractivity contribution in [3.8, 4) is 6.07 Å². The molecule has 10 heavy (non-hydrogen) atoms. The topological polar surface area (TPSA) is 44.0 Å². The molecule has 0 radical (unpaired) electrons. The van der Waals surface area contributed by atoms with Crippen LogP contribution in [-0.4, -0.2) is 18.8 Å². The first-order valence-corrected chi connectivity index (χ1v) is 7.11. The zero-order valence-corrected chi connectivity index (χ0v) is 8.10. The summed E-state index contributed by atoms with van der Waals surface area (Å²) < 4.78 is 0. The van der Waals surface area contributed by atoms with Gasteiger partial charge in [0.25, 0.3) is 0 Å². The van der Waals surface area contributed by atoms with Crippen LogP contribution in [0, 0.1) is 11.3 Å². The fourth-order valence-electron chi connectivity index (χ4n) is 1.07. The van der Waals surface area contributed by atoms with E-state index in [9.17, 15) is 5.11 Å². The second-order valence-corrected chi connectivity index (χ2v) is 9.60. The van der Waals surface area contributed by atoms with E-state index in [1.807, 2.05) is 6.07 Å². The Morgan fingerprint density at radius 2 is 1.90 bits per heavy atom. The van der Waals surface area contributed by atoms with Gasteiger partial charge in [0.1, 0.15) is 5.60 Å². The number of nitrogens with zero attached hydrogens (tertiary/aromatic N) is 1. The van der Waals surface area contributed by atoms with Crippen molar-refractivity contribution in [1.29, 1.82) is 5.26 Å². The van der Waals surface area contributed by atoms with Crippen LogP contribution in [0.1, 0.15) is 6.92 Å². The van der Waals surface area contributed by atoms with Crippen LogP contribution in [0.4, 0.5) is 0 Å². The molecule has 0 aliphatic rings. The van der Waals surface area contributed by atoms with Crippen LogP contribution in [0.25, 0.3) is 0 Å². The number of hydrogen-bond donors (Lipinski definition) is 1. The molecule has 0 aromatic carbocycles. The van der Waals surface area contributed by atoms with Crippen molar-refractivity contribution in [2.24, 2.45) is 0 Å². The molecule has 1 N–H and O–H groups in total. The monoisotopic (exact) mass is 157 g/mol. The average molecular weight is 157 g/mol. The summed E-state index contributed by atoms with van der Waals surface area (Å²) in [7, 11) is -1.29. The Labute approximate surface area is 63.5 Å². The van der Waals surface area contributed by atoms with Crippen molar-refractivity contribution >= 4 is 8.07 Å². The van der Waals surface area contributed by atoms with Gasteiger partial charge in [-0.25, -0.2) is 0 Å². The largest absolute Gasteiger partial charge is 0.376 e. The smallest absolute Gasteiger partial charge is 0.146 e. The lowest BCUT2D eigenvalue weighted by molar-refractivity contribution is 0.139. The summed E-state index contributed by atoms with van der Waals surface area (Å²) in [5, 5.41) is 17.8.